The Hall–Kier alpha value is -2.93. The van der Waals surface area contributed by atoms with Gasteiger partial charge in [-0.25, -0.2) is 9.98 Å². The van der Waals surface area contributed by atoms with Gasteiger partial charge >= 0.3 is 0 Å². The second kappa shape index (κ2) is 6.52. The summed E-state index contributed by atoms with van der Waals surface area (Å²) in [4.78, 5) is 13.0. The lowest BCUT2D eigenvalue weighted by Crippen LogP contribution is -1.97. The van der Waals surface area contributed by atoms with Crippen molar-refractivity contribution in [2.45, 2.75) is 0 Å². The third-order valence-electron chi connectivity index (χ3n) is 3.63. The summed E-state index contributed by atoms with van der Waals surface area (Å²) < 4.78 is 12.1. The van der Waals surface area contributed by atoms with Crippen LogP contribution < -0.4 is 14.8 Å². The molecule has 0 amide bonds. The van der Waals surface area contributed by atoms with Crippen LogP contribution in [0.4, 0.5) is 17.2 Å². The molecule has 0 radical (unpaired) electrons. The number of benzene rings is 2. The van der Waals surface area contributed by atoms with Gasteiger partial charge in [-0.15, -0.1) is 0 Å². The zero-order valence-corrected chi connectivity index (χ0v) is 14.8. The van der Waals surface area contributed by atoms with Crippen LogP contribution in [0.5, 0.6) is 17.4 Å². The molecule has 1 N–H and O–H groups in total. The molecule has 0 bridgehead atoms. The Kier molecular flexibility index (Phi) is 4.07. The van der Waals surface area contributed by atoms with E-state index in [1.807, 2.05) is 42.5 Å². The van der Waals surface area contributed by atoms with Crippen molar-refractivity contribution in [3.8, 4) is 17.4 Å². The molecule has 4 rings (SSSR count). The number of nitrogens with zero attached hydrogens (tertiary/aromatic N) is 3. The summed E-state index contributed by atoms with van der Waals surface area (Å²) in [6.07, 6.45) is 3.17. The van der Waals surface area contributed by atoms with E-state index in [4.69, 9.17) is 9.47 Å². The topological polar surface area (TPSA) is 68.6 Å². The number of nitrogens with one attached hydrogen (secondary N) is 1. The normalized spacial score (nSPS) is 11.8. The predicted molar refractivity (Wildman–Crippen MR) is 99.8 cm³/mol. The molecule has 6 nitrogen and oxygen atoms in total. The molecule has 1 aliphatic rings. The Bertz CT molecular complexity index is 975. The Morgan fingerprint density at radius 3 is 2.88 bits per heavy atom. The van der Waals surface area contributed by atoms with E-state index in [1.54, 1.807) is 13.3 Å². The highest BCUT2D eigenvalue weighted by atomic mass is 79.9. The number of aromatic nitrogens is 2. The van der Waals surface area contributed by atoms with Gasteiger partial charge in [-0.05, 0) is 36.4 Å². The maximum Gasteiger partial charge on any atom is 0.250 e. The fraction of sp³-hybridized carbons (Fsp3) is 0.0556. The fourth-order valence-corrected chi connectivity index (χ4v) is 2.83. The highest BCUT2D eigenvalue weighted by Crippen LogP contribution is 2.39. The van der Waals surface area contributed by atoms with E-state index >= 15 is 0 Å². The van der Waals surface area contributed by atoms with Gasteiger partial charge in [0.2, 0.25) is 0 Å². The molecule has 1 aliphatic heterocycles. The SMILES string of the molecule is COc1ccc2c(c1)C=Nc1c(Nc3cccc(Br)c3)ncnc1O2. The van der Waals surface area contributed by atoms with Crippen molar-refractivity contribution in [2.24, 2.45) is 4.99 Å². The van der Waals surface area contributed by atoms with Gasteiger partial charge in [0, 0.05) is 21.9 Å². The lowest BCUT2D eigenvalue weighted by Gasteiger charge is -2.11. The van der Waals surface area contributed by atoms with Crippen LogP contribution in [-0.4, -0.2) is 23.3 Å². The molecule has 124 valence electrons. The average molecular weight is 397 g/mol. The van der Waals surface area contributed by atoms with Crippen LogP contribution in [-0.2, 0) is 0 Å². The highest BCUT2D eigenvalue weighted by molar-refractivity contribution is 9.10. The van der Waals surface area contributed by atoms with Crippen LogP contribution in [0.25, 0.3) is 0 Å². The molecule has 2 aromatic carbocycles. The third-order valence-corrected chi connectivity index (χ3v) is 4.13. The number of hydrogen-bond donors (Lipinski definition) is 1. The first-order valence-corrected chi connectivity index (χ1v) is 8.30. The molecule has 2 heterocycles. The van der Waals surface area contributed by atoms with E-state index in [2.05, 4.69) is 36.2 Å². The second-order valence-corrected chi connectivity index (χ2v) is 6.19. The number of aliphatic imine (C=N–C) groups is 1. The van der Waals surface area contributed by atoms with Gasteiger partial charge in [-0.3, -0.25) is 0 Å². The molecule has 0 aliphatic carbocycles. The molecule has 0 unspecified atom stereocenters. The van der Waals surface area contributed by atoms with Gasteiger partial charge < -0.3 is 14.8 Å². The lowest BCUT2D eigenvalue weighted by atomic mass is 10.2. The predicted octanol–water partition coefficient (Wildman–Crippen LogP) is 4.85. The maximum absolute atomic E-state index is 5.92. The Balaban J connectivity index is 1.73. The van der Waals surface area contributed by atoms with E-state index < -0.39 is 0 Å². The second-order valence-electron chi connectivity index (χ2n) is 5.28. The van der Waals surface area contributed by atoms with E-state index in [0.717, 1.165) is 21.5 Å². The number of anilines is 2. The standard InChI is InChI=1S/C18H13BrN4O2/c1-24-14-5-6-15-11(7-14)9-20-16-17(21-10-22-18(16)25-15)23-13-4-2-3-12(19)8-13/h2-10H,1H3,(H,21,22,23). The van der Waals surface area contributed by atoms with Gasteiger partial charge in [-0.2, -0.15) is 4.98 Å². The Morgan fingerprint density at radius 1 is 1.12 bits per heavy atom. The highest BCUT2D eigenvalue weighted by Gasteiger charge is 2.18. The van der Waals surface area contributed by atoms with E-state index in [9.17, 15) is 0 Å². The van der Waals surface area contributed by atoms with Gasteiger partial charge in [0.1, 0.15) is 17.8 Å². The summed E-state index contributed by atoms with van der Waals surface area (Å²) in [6, 6.07) is 13.3. The number of halogens is 1. The summed E-state index contributed by atoms with van der Waals surface area (Å²) in [7, 11) is 1.62. The first kappa shape index (κ1) is 15.6. The Labute approximate surface area is 152 Å². The van der Waals surface area contributed by atoms with E-state index in [-0.39, 0.29) is 0 Å². The average Bonchev–Trinajstić information content (AvgIpc) is 2.81. The minimum Gasteiger partial charge on any atom is -0.497 e. The first-order valence-electron chi connectivity index (χ1n) is 7.50. The lowest BCUT2D eigenvalue weighted by molar-refractivity contribution is 0.412. The van der Waals surface area contributed by atoms with Crippen LogP contribution in [0.1, 0.15) is 5.56 Å². The zero-order valence-electron chi connectivity index (χ0n) is 13.2. The largest absolute Gasteiger partial charge is 0.497 e. The molecule has 0 saturated heterocycles. The number of ether oxygens (including phenoxy) is 2. The third kappa shape index (κ3) is 3.18. The summed E-state index contributed by atoms with van der Waals surface area (Å²) in [5, 5.41) is 3.25. The molecule has 0 saturated carbocycles. The summed E-state index contributed by atoms with van der Waals surface area (Å²) >= 11 is 3.46. The van der Waals surface area contributed by atoms with Crippen LogP contribution in [0.2, 0.25) is 0 Å². The number of methoxy groups -OCH3 is 1. The van der Waals surface area contributed by atoms with Crippen molar-refractivity contribution in [1.29, 1.82) is 0 Å². The molecule has 25 heavy (non-hydrogen) atoms. The van der Waals surface area contributed by atoms with E-state index in [0.29, 0.717) is 23.1 Å². The van der Waals surface area contributed by atoms with Crippen LogP contribution >= 0.6 is 15.9 Å². The van der Waals surface area contributed by atoms with Gasteiger partial charge in [0.15, 0.2) is 11.5 Å². The van der Waals surface area contributed by atoms with Gasteiger partial charge in [0.05, 0.1) is 7.11 Å². The molecule has 3 aromatic rings. The maximum atomic E-state index is 5.92. The van der Waals surface area contributed by atoms with Crippen molar-refractivity contribution in [2.75, 3.05) is 12.4 Å². The van der Waals surface area contributed by atoms with Crippen LogP contribution in [0, 0.1) is 0 Å². The Morgan fingerprint density at radius 2 is 2.04 bits per heavy atom. The smallest absolute Gasteiger partial charge is 0.250 e. The fourth-order valence-electron chi connectivity index (χ4n) is 2.43. The molecule has 0 spiro atoms. The molecular formula is C18H13BrN4O2. The molecule has 1 aromatic heterocycles. The van der Waals surface area contributed by atoms with Crippen molar-refractivity contribution in [3.05, 3.63) is 58.8 Å². The van der Waals surface area contributed by atoms with Crippen molar-refractivity contribution >= 4 is 39.3 Å². The van der Waals surface area contributed by atoms with Crippen LogP contribution in [0.15, 0.2) is 58.3 Å². The number of fused-ring (bicyclic) bond motifs is 2. The monoisotopic (exact) mass is 396 g/mol. The van der Waals surface area contributed by atoms with Gasteiger partial charge in [0.25, 0.3) is 5.88 Å². The summed E-state index contributed by atoms with van der Waals surface area (Å²) in [6.45, 7) is 0. The number of hydrogen-bond acceptors (Lipinski definition) is 6. The zero-order chi connectivity index (χ0) is 17.2. The van der Waals surface area contributed by atoms with Crippen molar-refractivity contribution in [3.63, 3.8) is 0 Å². The summed E-state index contributed by atoms with van der Waals surface area (Å²) in [5.74, 6) is 2.36. The molecule has 7 heteroatoms. The van der Waals surface area contributed by atoms with Crippen molar-refractivity contribution in [1.82, 2.24) is 9.97 Å². The number of rotatable bonds is 3. The van der Waals surface area contributed by atoms with Crippen molar-refractivity contribution < 1.29 is 9.47 Å². The first-order chi connectivity index (χ1) is 12.2. The van der Waals surface area contributed by atoms with E-state index in [1.165, 1.54) is 6.33 Å². The molecule has 0 fully saturated rings. The molecule has 0 atom stereocenters. The molecular weight excluding hydrogens is 384 g/mol. The minimum absolute atomic E-state index is 0.396. The van der Waals surface area contributed by atoms with Crippen LogP contribution in [0.3, 0.4) is 0 Å². The quantitative estimate of drug-likeness (QED) is 0.536. The minimum atomic E-state index is 0.396. The van der Waals surface area contributed by atoms with Gasteiger partial charge in [-0.1, -0.05) is 22.0 Å². The summed E-state index contributed by atoms with van der Waals surface area (Å²) in [5.41, 5.74) is 2.23.